The Bertz CT molecular complexity index is 1250. The van der Waals surface area contributed by atoms with Crippen LogP contribution >= 0.6 is 0 Å². The summed E-state index contributed by atoms with van der Waals surface area (Å²) in [6.07, 6.45) is -13.8. The molecule has 2 saturated heterocycles. The maximum atomic E-state index is 13.3. The summed E-state index contributed by atoms with van der Waals surface area (Å²) < 4.78 is 27.4. The molecule has 210 valence electrons. The Morgan fingerprint density at radius 3 is 2.15 bits per heavy atom. The number of benzene rings is 2. The first-order chi connectivity index (χ1) is 18.6. The normalized spacial score (nSPS) is 34.3. The van der Waals surface area contributed by atoms with E-state index in [0.717, 1.165) is 0 Å². The lowest BCUT2D eigenvalue weighted by atomic mass is 9.83. The summed E-state index contributed by atoms with van der Waals surface area (Å²) in [5.74, 6) is -1.00. The predicted octanol–water partition coefficient (Wildman–Crippen LogP) is -1.89. The molecule has 0 aromatic heterocycles. The Balaban J connectivity index is 1.36. The lowest BCUT2D eigenvalue weighted by Crippen LogP contribution is -2.61. The molecule has 0 amide bonds. The molecule has 1 aliphatic carbocycles. The zero-order valence-electron chi connectivity index (χ0n) is 20.6. The van der Waals surface area contributed by atoms with Crippen molar-refractivity contribution in [2.45, 2.75) is 55.3 Å². The Kier molecular flexibility index (Phi) is 7.70. The molecule has 0 saturated carbocycles. The minimum Gasteiger partial charge on any atom is -0.492 e. The molecule has 13 nitrogen and oxygen atoms in total. The first kappa shape index (κ1) is 27.6. The lowest BCUT2D eigenvalue weighted by Gasteiger charge is -2.41. The van der Waals surface area contributed by atoms with Crippen LogP contribution in [-0.4, -0.2) is 118 Å². The van der Waals surface area contributed by atoms with Gasteiger partial charge >= 0.3 is 0 Å². The van der Waals surface area contributed by atoms with Crippen molar-refractivity contribution < 1.29 is 63.9 Å². The van der Waals surface area contributed by atoms with Gasteiger partial charge in [-0.3, -0.25) is 9.59 Å². The van der Waals surface area contributed by atoms with Crippen molar-refractivity contribution in [2.75, 3.05) is 20.3 Å². The number of hydrogen-bond donors (Lipinski definition) is 6. The summed E-state index contributed by atoms with van der Waals surface area (Å²) in [4.78, 5) is 26.3. The van der Waals surface area contributed by atoms with Crippen molar-refractivity contribution in [1.82, 2.24) is 0 Å². The molecule has 6 N–H and O–H groups in total. The standard InChI is InChI=1S/C26H28O13/c1-35-24-14(7-6-12-16(24)18(29)11-5-3-2-4-10(11)17(12)28)38-26-23(34)21(32)20(31)15(39-26)9-37-25-22(33)19(30)13(27)8-36-25/h2-7,13,15,19-23,25-27,30-34H,8-9H2,1H3. The number of fused-ring (bicyclic) bond motifs is 2. The molecule has 0 radical (unpaired) electrons. The third-order valence-electron chi connectivity index (χ3n) is 7.00. The summed E-state index contributed by atoms with van der Waals surface area (Å²) in [5, 5.41) is 60.9. The van der Waals surface area contributed by atoms with Gasteiger partial charge < -0.3 is 54.3 Å². The van der Waals surface area contributed by atoms with Crippen molar-refractivity contribution in [1.29, 1.82) is 0 Å². The maximum Gasteiger partial charge on any atom is 0.229 e. The second-order valence-electron chi connectivity index (χ2n) is 9.44. The van der Waals surface area contributed by atoms with Gasteiger partial charge in [0.2, 0.25) is 6.29 Å². The molecule has 9 unspecified atom stereocenters. The Hall–Kier alpha value is -2.98. The van der Waals surface area contributed by atoms with Gasteiger partial charge in [-0.15, -0.1) is 0 Å². The fourth-order valence-electron chi connectivity index (χ4n) is 4.82. The first-order valence-corrected chi connectivity index (χ1v) is 12.2. The Morgan fingerprint density at radius 1 is 0.795 bits per heavy atom. The quantitative estimate of drug-likeness (QED) is 0.200. The molecule has 2 heterocycles. The van der Waals surface area contributed by atoms with Gasteiger partial charge in [-0.1, -0.05) is 24.3 Å². The topological polar surface area (TPSA) is 202 Å². The van der Waals surface area contributed by atoms with Crippen LogP contribution in [0.4, 0.5) is 0 Å². The number of aliphatic hydroxyl groups excluding tert-OH is 6. The number of aliphatic hydroxyl groups is 6. The van der Waals surface area contributed by atoms with E-state index in [2.05, 4.69) is 0 Å². The van der Waals surface area contributed by atoms with Crippen molar-refractivity contribution >= 4 is 11.6 Å². The highest BCUT2D eigenvalue weighted by molar-refractivity contribution is 6.29. The van der Waals surface area contributed by atoms with Gasteiger partial charge in [0.15, 0.2) is 29.4 Å². The van der Waals surface area contributed by atoms with Crippen LogP contribution in [0.1, 0.15) is 31.8 Å². The van der Waals surface area contributed by atoms with Gasteiger partial charge in [0.25, 0.3) is 0 Å². The van der Waals surface area contributed by atoms with E-state index >= 15 is 0 Å². The Labute approximate surface area is 221 Å². The summed E-state index contributed by atoms with van der Waals surface area (Å²) in [6, 6.07) is 9.09. The van der Waals surface area contributed by atoms with E-state index < -0.39 is 67.7 Å². The maximum absolute atomic E-state index is 13.3. The van der Waals surface area contributed by atoms with Gasteiger partial charge in [0.05, 0.1) is 25.9 Å². The Morgan fingerprint density at radius 2 is 1.46 bits per heavy atom. The average Bonchev–Trinajstić information content (AvgIpc) is 2.94. The third kappa shape index (κ3) is 4.82. The van der Waals surface area contributed by atoms with Crippen molar-refractivity contribution in [2.24, 2.45) is 0 Å². The highest BCUT2D eigenvalue weighted by atomic mass is 16.7. The first-order valence-electron chi connectivity index (χ1n) is 12.2. The van der Waals surface area contributed by atoms with Gasteiger partial charge in [0, 0.05) is 16.7 Å². The van der Waals surface area contributed by atoms with Gasteiger partial charge in [-0.05, 0) is 12.1 Å². The predicted molar refractivity (Wildman–Crippen MR) is 127 cm³/mol. The highest BCUT2D eigenvalue weighted by Gasteiger charge is 2.47. The van der Waals surface area contributed by atoms with Crippen LogP contribution in [0.2, 0.25) is 0 Å². The average molecular weight is 548 g/mol. The minimum atomic E-state index is -1.75. The fourth-order valence-corrected chi connectivity index (χ4v) is 4.82. The molecule has 5 rings (SSSR count). The van der Waals surface area contributed by atoms with Crippen molar-refractivity contribution in [3.63, 3.8) is 0 Å². The van der Waals surface area contributed by atoms with E-state index in [1.165, 1.54) is 25.3 Å². The molecule has 0 spiro atoms. The number of methoxy groups -OCH3 is 1. The summed E-state index contributed by atoms with van der Waals surface area (Å²) in [5.41, 5.74) is 0.521. The fraction of sp³-hybridized carbons (Fsp3) is 0.462. The lowest BCUT2D eigenvalue weighted by molar-refractivity contribution is -0.307. The number of carbonyl (C=O) groups is 2. The SMILES string of the molecule is COc1c(OC2OC(COC3OCC(O)C(O)C3O)C(O)C(O)C2O)ccc2c1C(=O)c1ccccc1C2=O. The van der Waals surface area contributed by atoms with E-state index in [4.69, 9.17) is 23.7 Å². The number of carbonyl (C=O) groups excluding carboxylic acids is 2. The van der Waals surface area contributed by atoms with Crippen LogP contribution in [0.25, 0.3) is 0 Å². The van der Waals surface area contributed by atoms with E-state index in [-0.39, 0.29) is 46.1 Å². The molecule has 9 atom stereocenters. The van der Waals surface area contributed by atoms with Crippen LogP contribution in [-0.2, 0) is 14.2 Å². The number of ketones is 2. The molecule has 2 aromatic rings. The molecule has 0 bridgehead atoms. The van der Waals surface area contributed by atoms with Gasteiger partial charge in [0.1, 0.15) is 42.7 Å². The molecule has 2 aliphatic heterocycles. The van der Waals surface area contributed by atoms with Crippen LogP contribution in [0, 0.1) is 0 Å². The molecule has 13 heteroatoms. The second-order valence-corrected chi connectivity index (χ2v) is 9.44. The van der Waals surface area contributed by atoms with E-state index in [0.29, 0.717) is 0 Å². The summed E-state index contributed by atoms with van der Waals surface area (Å²) >= 11 is 0. The van der Waals surface area contributed by atoms with Crippen molar-refractivity contribution in [3.05, 3.63) is 58.7 Å². The third-order valence-corrected chi connectivity index (χ3v) is 7.00. The number of hydrogen-bond acceptors (Lipinski definition) is 13. The number of ether oxygens (including phenoxy) is 5. The van der Waals surface area contributed by atoms with E-state index in [1.54, 1.807) is 18.2 Å². The van der Waals surface area contributed by atoms with Crippen LogP contribution < -0.4 is 9.47 Å². The molecule has 3 aliphatic rings. The molecular formula is C26H28O13. The molecule has 2 fully saturated rings. The molecule has 39 heavy (non-hydrogen) atoms. The van der Waals surface area contributed by atoms with Crippen LogP contribution in [0.3, 0.4) is 0 Å². The zero-order valence-corrected chi connectivity index (χ0v) is 20.6. The summed E-state index contributed by atoms with van der Waals surface area (Å²) in [7, 11) is 1.27. The van der Waals surface area contributed by atoms with Crippen LogP contribution in [0.15, 0.2) is 36.4 Å². The van der Waals surface area contributed by atoms with Gasteiger partial charge in [-0.25, -0.2) is 0 Å². The monoisotopic (exact) mass is 548 g/mol. The molecular weight excluding hydrogens is 520 g/mol. The number of rotatable bonds is 6. The van der Waals surface area contributed by atoms with Gasteiger partial charge in [-0.2, -0.15) is 0 Å². The second kappa shape index (κ2) is 10.9. The molecule has 2 aromatic carbocycles. The largest absolute Gasteiger partial charge is 0.492 e. The summed E-state index contributed by atoms with van der Waals surface area (Å²) in [6.45, 7) is -0.783. The van der Waals surface area contributed by atoms with E-state index in [9.17, 15) is 40.2 Å². The van der Waals surface area contributed by atoms with Crippen LogP contribution in [0.5, 0.6) is 11.5 Å². The highest BCUT2D eigenvalue weighted by Crippen LogP contribution is 2.40. The zero-order chi connectivity index (χ0) is 28.0. The smallest absolute Gasteiger partial charge is 0.229 e. The minimum absolute atomic E-state index is 0.0337. The van der Waals surface area contributed by atoms with E-state index in [1.807, 2.05) is 0 Å². The van der Waals surface area contributed by atoms with Crippen molar-refractivity contribution in [3.8, 4) is 11.5 Å².